The van der Waals surface area contributed by atoms with Crippen molar-refractivity contribution in [3.8, 4) is 6.07 Å². The Morgan fingerprint density at radius 1 is 1.25 bits per heavy atom. The van der Waals surface area contributed by atoms with Gasteiger partial charge in [-0.05, 0) is 55.7 Å². The quantitative estimate of drug-likeness (QED) is 0.750. The summed E-state index contributed by atoms with van der Waals surface area (Å²) in [5.74, 6) is 0. The Bertz CT molecular complexity index is 569. The summed E-state index contributed by atoms with van der Waals surface area (Å²) in [7, 11) is 0. The number of benzene rings is 1. The van der Waals surface area contributed by atoms with Crippen LogP contribution >= 0.6 is 11.6 Å². The second kappa shape index (κ2) is 4.67. The van der Waals surface area contributed by atoms with E-state index in [0.717, 1.165) is 5.56 Å². The highest BCUT2D eigenvalue weighted by Gasteiger charge is 2.44. The van der Waals surface area contributed by atoms with Crippen molar-refractivity contribution in [2.24, 2.45) is 5.41 Å². The van der Waals surface area contributed by atoms with Crippen LogP contribution in [-0.2, 0) is 0 Å². The first kappa shape index (κ1) is 13.8. The smallest absolute Gasteiger partial charge is 0.101 e. The molecule has 20 heavy (non-hydrogen) atoms. The molecule has 0 spiro atoms. The van der Waals surface area contributed by atoms with Gasteiger partial charge in [0.15, 0.2) is 0 Å². The summed E-state index contributed by atoms with van der Waals surface area (Å²) in [6.45, 7) is 6.81. The molecule has 1 aromatic rings. The normalized spacial score (nSPS) is 27.4. The summed E-state index contributed by atoms with van der Waals surface area (Å²) in [6.07, 6.45) is 5.07. The SMILES string of the molecule is Cc1c(N2C3CCC2CC(C)(C)C3)ccc(C#N)c1Cl. The number of piperidine rings is 1. The van der Waals surface area contributed by atoms with Crippen molar-refractivity contribution < 1.29 is 0 Å². The van der Waals surface area contributed by atoms with Crippen LogP contribution < -0.4 is 4.90 Å². The Balaban J connectivity index is 2.00. The number of anilines is 1. The van der Waals surface area contributed by atoms with E-state index in [9.17, 15) is 0 Å². The number of nitrogens with zero attached hydrogens (tertiary/aromatic N) is 2. The van der Waals surface area contributed by atoms with Crippen LogP contribution in [0.25, 0.3) is 0 Å². The predicted octanol–water partition coefficient (Wildman–Crippen LogP) is 4.68. The minimum absolute atomic E-state index is 0.451. The second-order valence-electron chi connectivity index (χ2n) is 7.05. The lowest BCUT2D eigenvalue weighted by atomic mass is 9.78. The first-order chi connectivity index (χ1) is 9.43. The molecule has 3 rings (SSSR count). The highest BCUT2D eigenvalue weighted by molar-refractivity contribution is 6.32. The lowest BCUT2D eigenvalue weighted by molar-refractivity contribution is 0.233. The Morgan fingerprint density at radius 3 is 2.40 bits per heavy atom. The summed E-state index contributed by atoms with van der Waals surface area (Å²) in [5, 5.41) is 9.70. The number of rotatable bonds is 1. The summed E-state index contributed by atoms with van der Waals surface area (Å²) < 4.78 is 0. The Labute approximate surface area is 126 Å². The fourth-order valence-electron chi connectivity index (χ4n) is 4.16. The zero-order valence-corrected chi connectivity index (χ0v) is 13.2. The molecule has 1 aromatic carbocycles. The van der Waals surface area contributed by atoms with Crippen LogP contribution in [0, 0.1) is 23.7 Å². The highest BCUT2D eigenvalue weighted by Crippen LogP contribution is 2.48. The molecule has 2 fully saturated rings. The van der Waals surface area contributed by atoms with Crippen molar-refractivity contribution in [2.45, 2.75) is 58.5 Å². The van der Waals surface area contributed by atoms with Gasteiger partial charge in [0, 0.05) is 17.8 Å². The maximum Gasteiger partial charge on any atom is 0.101 e. The van der Waals surface area contributed by atoms with E-state index in [0.29, 0.717) is 28.1 Å². The van der Waals surface area contributed by atoms with E-state index in [4.69, 9.17) is 16.9 Å². The first-order valence-electron chi connectivity index (χ1n) is 7.40. The highest BCUT2D eigenvalue weighted by atomic mass is 35.5. The van der Waals surface area contributed by atoms with E-state index in [1.165, 1.54) is 31.4 Å². The second-order valence-corrected chi connectivity index (χ2v) is 7.43. The molecule has 3 heteroatoms. The topological polar surface area (TPSA) is 27.0 Å². The maximum atomic E-state index is 9.08. The molecule has 0 aromatic heterocycles. The number of hydrogen-bond acceptors (Lipinski definition) is 2. The molecular weight excluding hydrogens is 268 g/mol. The largest absolute Gasteiger partial charge is 0.365 e. The minimum atomic E-state index is 0.451. The summed E-state index contributed by atoms with van der Waals surface area (Å²) in [4.78, 5) is 2.58. The molecule has 106 valence electrons. The van der Waals surface area contributed by atoms with E-state index in [-0.39, 0.29) is 0 Å². The van der Waals surface area contributed by atoms with Gasteiger partial charge in [0.05, 0.1) is 10.6 Å². The van der Waals surface area contributed by atoms with Gasteiger partial charge in [-0.25, -0.2) is 0 Å². The van der Waals surface area contributed by atoms with E-state index in [2.05, 4.69) is 30.9 Å². The lowest BCUT2D eigenvalue weighted by Crippen LogP contribution is -2.46. The molecule has 0 radical (unpaired) electrons. The van der Waals surface area contributed by atoms with Crippen LogP contribution in [0.2, 0.25) is 5.02 Å². The maximum absolute atomic E-state index is 9.08. The van der Waals surface area contributed by atoms with Crippen molar-refractivity contribution in [2.75, 3.05) is 4.90 Å². The van der Waals surface area contributed by atoms with E-state index in [1.54, 1.807) is 0 Å². The third-order valence-electron chi connectivity index (χ3n) is 4.95. The van der Waals surface area contributed by atoms with E-state index < -0.39 is 0 Å². The molecule has 0 saturated carbocycles. The van der Waals surface area contributed by atoms with Gasteiger partial charge in [-0.15, -0.1) is 0 Å². The van der Waals surface area contributed by atoms with E-state index >= 15 is 0 Å². The van der Waals surface area contributed by atoms with Gasteiger partial charge in [-0.2, -0.15) is 5.26 Å². The van der Waals surface area contributed by atoms with Gasteiger partial charge in [-0.3, -0.25) is 0 Å². The molecule has 2 saturated heterocycles. The Kier molecular flexibility index (Phi) is 3.21. The average Bonchev–Trinajstić information content (AvgIpc) is 2.66. The van der Waals surface area contributed by atoms with Gasteiger partial charge in [-0.1, -0.05) is 25.4 Å². The molecular formula is C17H21ClN2. The molecule has 2 atom stereocenters. The first-order valence-corrected chi connectivity index (χ1v) is 7.78. The van der Waals surface area contributed by atoms with Crippen molar-refractivity contribution in [1.82, 2.24) is 0 Å². The van der Waals surface area contributed by atoms with Crippen molar-refractivity contribution >= 4 is 17.3 Å². The zero-order chi connectivity index (χ0) is 14.5. The standard InChI is InChI=1S/C17H21ClN2/c1-11-15(7-4-12(10-19)16(11)18)20-13-5-6-14(20)9-17(2,3)8-13/h4,7,13-14H,5-6,8-9H2,1-3H3. The number of nitriles is 1. The molecule has 0 aliphatic carbocycles. The van der Waals surface area contributed by atoms with Crippen LogP contribution in [0.4, 0.5) is 5.69 Å². The molecule has 2 aliphatic rings. The van der Waals surface area contributed by atoms with Crippen LogP contribution in [0.15, 0.2) is 12.1 Å². The number of fused-ring (bicyclic) bond motifs is 2. The molecule has 2 aliphatic heterocycles. The minimum Gasteiger partial charge on any atom is -0.365 e. The molecule has 2 bridgehead atoms. The molecule has 2 heterocycles. The van der Waals surface area contributed by atoms with Gasteiger partial charge in [0.25, 0.3) is 0 Å². The van der Waals surface area contributed by atoms with Gasteiger partial charge < -0.3 is 4.90 Å². The monoisotopic (exact) mass is 288 g/mol. The van der Waals surface area contributed by atoms with Crippen LogP contribution in [0.5, 0.6) is 0 Å². The van der Waals surface area contributed by atoms with E-state index in [1.807, 2.05) is 13.0 Å². The molecule has 0 amide bonds. The molecule has 0 N–H and O–H groups in total. The fourth-order valence-corrected chi connectivity index (χ4v) is 4.36. The predicted molar refractivity (Wildman–Crippen MR) is 83.2 cm³/mol. The van der Waals surface area contributed by atoms with Gasteiger partial charge in [0.1, 0.15) is 6.07 Å². The third kappa shape index (κ3) is 2.09. The molecule has 2 nitrogen and oxygen atoms in total. The lowest BCUT2D eigenvalue weighted by Gasteiger charge is -2.45. The summed E-state index contributed by atoms with van der Waals surface area (Å²) in [5.41, 5.74) is 3.32. The summed E-state index contributed by atoms with van der Waals surface area (Å²) >= 11 is 6.34. The fraction of sp³-hybridized carbons (Fsp3) is 0.588. The average molecular weight is 289 g/mol. The van der Waals surface area contributed by atoms with Crippen LogP contribution in [0.3, 0.4) is 0 Å². The Hall–Kier alpha value is -1.20. The van der Waals surface area contributed by atoms with Gasteiger partial charge >= 0.3 is 0 Å². The zero-order valence-electron chi connectivity index (χ0n) is 12.4. The van der Waals surface area contributed by atoms with Crippen LogP contribution in [0.1, 0.15) is 50.7 Å². The van der Waals surface area contributed by atoms with Gasteiger partial charge in [0.2, 0.25) is 0 Å². The van der Waals surface area contributed by atoms with Crippen molar-refractivity contribution in [3.63, 3.8) is 0 Å². The number of hydrogen-bond donors (Lipinski definition) is 0. The van der Waals surface area contributed by atoms with Crippen molar-refractivity contribution in [1.29, 1.82) is 5.26 Å². The molecule has 2 unspecified atom stereocenters. The number of halogens is 1. The summed E-state index contributed by atoms with van der Waals surface area (Å²) in [6, 6.07) is 7.38. The van der Waals surface area contributed by atoms with Crippen molar-refractivity contribution in [3.05, 3.63) is 28.3 Å². The van der Waals surface area contributed by atoms with Crippen LogP contribution in [-0.4, -0.2) is 12.1 Å². The Morgan fingerprint density at radius 2 is 1.85 bits per heavy atom. The third-order valence-corrected chi connectivity index (χ3v) is 5.44.